The fraction of sp³-hybridized carbons (Fsp3) is 0.0625. The van der Waals surface area contributed by atoms with Gasteiger partial charge in [0.2, 0.25) is 12.6 Å². The molecule has 1 aliphatic heterocycles. The van der Waals surface area contributed by atoms with E-state index in [0.29, 0.717) is 21.5 Å². The highest BCUT2D eigenvalue weighted by atomic mass is 79.9. The molecule has 0 aliphatic carbocycles. The molecule has 0 N–H and O–H groups in total. The molecular weight excluding hydrogens is 339 g/mol. The molecule has 3 rings (SSSR count). The Bertz CT molecular complexity index is 790. The number of Topliss-reactive ketones (excluding diaryl/α,β-unsaturated/α-hetero) is 1. The van der Waals surface area contributed by atoms with Gasteiger partial charge in [-0.2, -0.15) is 0 Å². The van der Waals surface area contributed by atoms with E-state index in [2.05, 4.69) is 27.8 Å². The third kappa shape index (κ3) is 2.76. The molecule has 0 bridgehead atoms. The summed E-state index contributed by atoms with van der Waals surface area (Å²) in [5.41, 5.74) is 0.533. The minimum absolute atomic E-state index is 0.125. The van der Waals surface area contributed by atoms with Crippen LogP contribution in [-0.4, -0.2) is 12.6 Å². The van der Waals surface area contributed by atoms with Gasteiger partial charge in [0.1, 0.15) is 5.82 Å². The normalized spacial score (nSPS) is 11.7. The van der Waals surface area contributed by atoms with Crippen LogP contribution in [0.15, 0.2) is 40.9 Å². The highest BCUT2D eigenvalue weighted by molar-refractivity contribution is 9.10. The van der Waals surface area contributed by atoms with E-state index in [4.69, 9.17) is 9.47 Å². The quantitative estimate of drug-likeness (QED) is 0.585. The maximum absolute atomic E-state index is 13.4. The van der Waals surface area contributed by atoms with Crippen molar-refractivity contribution in [2.45, 2.75) is 0 Å². The molecule has 0 saturated carbocycles. The second kappa shape index (κ2) is 5.58. The standard InChI is InChI=1S/C16H8BrFO3/c17-12-8-16-15(20-9-21-16)7-11(12)14(19)6-5-10-3-1-2-4-13(10)18/h1-4,7-8H,9H2. The number of halogens is 2. The number of hydrogen-bond acceptors (Lipinski definition) is 3. The van der Waals surface area contributed by atoms with Crippen LogP contribution in [-0.2, 0) is 0 Å². The number of ketones is 1. The first-order chi connectivity index (χ1) is 10.1. The van der Waals surface area contributed by atoms with Crippen molar-refractivity contribution in [2.24, 2.45) is 0 Å². The lowest BCUT2D eigenvalue weighted by Gasteiger charge is -2.01. The summed E-state index contributed by atoms with van der Waals surface area (Å²) in [6.45, 7) is 0.125. The zero-order valence-electron chi connectivity index (χ0n) is 10.7. The largest absolute Gasteiger partial charge is 0.454 e. The summed E-state index contributed by atoms with van der Waals surface area (Å²) < 4.78 is 24.4. The van der Waals surface area contributed by atoms with E-state index in [9.17, 15) is 9.18 Å². The van der Waals surface area contributed by atoms with Crippen LogP contribution in [0.2, 0.25) is 0 Å². The minimum Gasteiger partial charge on any atom is -0.454 e. The zero-order valence-corrected chi connectivity index (χ0v) is 12.2. The minimum atomic E-state index is -0.456. The Kier molecular flexibility index (Phi) is 3.63. The second-order valence-electron chi connectivity index (χ2n) is 4.24. The van der Waals surface area contributed by atoms with Gasteiger partial charge in [0.05, 0.1) is 5.56 Å². The molecule has 21 heavy (non-hydrogen) atoms. The number of benzene rings is 2. The molecule has 0 unspecified atom stereocenters. The van der Waals surface area contributed by atoms with Gasteiger partial charge >= 0.3 is 0 Å². The SMILES string of the molecule is O=C(C#Cc1ccccc1F)c1cc2c(cc1Br)OCO2. The molecule has 0 radical (unpaired) electrons. The van der Waals surface area contributed by atoms with Crippen LogP contribution in [0.25, 0.3) is 0 Å². The molecule has 5 heteroatoms. The van der Waals surface area contributed by atoms with Crippen molar-refractivity contribution >= 4 is 21.7 Å². The van der Waals surface area contributed by atoms with Crippen molar-refractivity contribution in [1.82, 2.24) is 0 Å². The van der Waals surface area contributed by atoms with Crippen molar-refractivity contribution in [1.29, 1.82) is 0 Å². The van der Waals surface area contributed by atoms with Gasteiger partial charge in [0, 0.05) is 10.0 Å². The monoisotopic (exact) mass is 346 g/mol. The van der Waals surface area contributed by atoms with Gasteiger partial charge in [-0.05, 0) is 46.1 Å². The predicted octanol–water partition coefficient (Wildman–Crippen LogP) is 3.55. The Morgan fingerprint density at radius 1 is 1.19 bits per heavy atom. The molecule has 0 amide bonds. The van der Waals surface area contributed by atoms with Gasteiger partial charge in [-0.25, -0.2) is 4.39 Å². The summed E-state index contributed by atoms with van der Waals surface area (Å²) in [5, 5.41) is 0. The van der Waals surface area contributed by atoms with E-state index in [1.165, 1.54) is 12.1 Å². The molecule has 0 atom stereocenters. The van der Waals surface area contributed by atoms with Crippen LogP contribution in [0.4, 0.5) is 4.39 Å². The van der Waals surface area contributed by atoms with E-state index >= 15 is 0 Å². The first-order valence-electron chi connectivity index (χ1n) is 6.05. The molecule has 2 aromatic rings. The average molecular weight is 347 g/mol. The number of ether oxygens (including phenoxy) is 2. The molecule has 0 fully saturated rings. The molecule has 3 nitrogen and oxygen atoms in total. The molecule has 0 aromatic heterocycles. The number of hydrogen-bond donors (Lipinski definition) is 0. The molecular formula is C16H8BrFO3. The van der Waals surface area contributed by atoms with Crippen molar-refractivity contribution < 1.29 is 18.7 Å². The summed E-state index contributed by atoms with van der Waals surface area (Å²) in [5.74, 6) is 5.15. The van der Waals surface area contributed by atoms with Crippen molar-refractivity contribution in [3.05, 3.63) is 57.8 Å². The Labute approximate surface area is 128 Å². The van der Waals surface area contributed by atoms with E-state index in [1.807, 2.05) is 0 Å². The molecule has 104 valence electrons. The number of rotatable bonds is 1. The summed E-state index contributed by atoms with van der Waals surface area (Å²) >= 11 is 3.29. The Morgan fingerprint density at radius 2 is 1.90 bits per heavy atom. The Balaban J connectivity index is 1.92. The van der Waals surface area contributed by atoms with Crippen LogP contribution >= 0.6 is 15.9 Å². The molecule has 0 saturated heterocycles. The van der Waals surface area contributed by atoms with Gasteiger partial charge in [-0.3, -0.25) is 4.79 Å². The second-order valence-corrected chi connectivity index (χ2v) is 5.10. The maximum atomic E-state index is 13.4. The third-order valence-electron chi connectivity index (χ3n) is 2.89. The first-order valence-corrected chi connectivity index (χ1v) is 6.84. The molecule has 2 aromatic carbocycles. The van der Waals surface area contributed by atoms with Crippen molar-refractivity contribution in [3.8, 4) is 23.3 Å². The summed E-state index contributed by atoms with van der Waals surface area (Å²) in [7, 11) is 0. The third-order valence-corrected chi connectivity index (χ3v) is 3.55. The fourth-order valence-electron chi connectivity index (χ4n) is 1.85. The topological polar surface area (TPSA) is 35.5 Å². The van der Waals surface area contributed by atoms with Crippen LogP contribution in [0.1, 0.15) is 15.9 Å². The van der Waals surface area contributed by atoms with Gasteiger partial charge < -0.3 is 9.47 Å². The highest BCUT2D eigenvalue weighted by Crippen LogP contribution is 2.36. The smallest absolute Gasteiger partial charge is 0.237 e. The lowest BCUT2D eigenvalue weighted by molar-refractivity contribution is 0.105. The molecule has 0 spiro atoms. The van der Waals surface area contributed by atoms with Crippen LogP contribution < -0.4 is 9.47 Å². The lowest BCUT2D eigenvalue weighted by atomic mass is 10.1. The molecule has 1 heterocycles. The van der Waals surface area contributed by atoms with Gasteiger partial charge in [0.15, 0.2) is 11.5 Å². The zero-order chi connectivity index (χ0) is 14.8. The molecule has 1 aliphatic rings. The van der Waals surface area contributed by atoms with Gasteiger partial charge in [0.25, 0.3) is 0 Å². The maximum Gasteiger partial charge on any atom is 0.237 e. The number of carbonyl (C=O) groups excluding carboxylic acids is 1. The first kappa shape index (κ1) is 13.7. The highest BCUT2D eigenvalue weighted by Gasteiger charge is 2.19. The average Bonchev–Trinajstić information content (AvgIpc) is 2.92. The van der Waals surface area contributed by atoms with Crippen LogP contribution in [0.3, 0.4) is 0 Å². The van der Waals surface area contributed by atoms with E-state index in [1.54, 1.807) is 24.3 Å². The van der Waals surface area contributed by atoms with E-state index in [-0.39, 0.29) is 12.4 Å². The van der Waals surface area contributed by atoms with Gasteiger partial charge in [-0.15, -0.1) is 0 Å². The van der Waals surface area contributed by atoms with Crippen LogP contribution in [0.5, 0.6) is 11.5 Å². The Hall–Kier alpha value is -2.32. The summed E-state index contributed by atoms with van der Waals surface area (Å²) in [4.78, 5) is 12.1. The van der Waals surface area contributed by atoms with E-state index in [0.717, 1.165) is 0 Å². The summed E-state index contributed by atoms with van der Waals surface area (Å²) in [6.07, 6.45) is 0. The van der Waals surface area contributed by atoms with Gasteiger partial charge in [-0.1, -0.05) is 18.1 Å². The van der Waals surface area contributed by atoms with Crippen LogP contribution in [0, 0.1) is 17.7 Å². The Morgan fingerprint density at radius 3 is 2.67 bits per heavy atom. The van der Waals surface area contributed by atoms with Crippen molar-refractivity contribution in [3.63, 3.8) is 0 Å². The lowest BCUT2D eigenvalue weighted by Crippen LogP contribution is -1.97. The predicted molar refractivity (Wildman–Crippen MR) is 77.9 cm³/mol. The summed E-state index contributed by atoms with van der Waals surface area (Å²) in [6, 6.07) is 9.26. The van der Waals surface area contributed by atoms with Crippen molar-refractivity contribution in [2.75, 3.05) is 6.79 Å². The van der Waals surface area contributed by atoms with E-state index < -0.39 is 11.6 Å². The fourth-order valence-corrected chi connectivity index (χ4v) is 2.35. The number of fused-ring (bicyclic) bond motifs is 1. The number of carbonyl (C=O) groups is 1.